The largest absolute Gasteiger partial charge is 0.493 e. The van der Waals surface area contributed by atoms with Crippen molar-refractivity contribution in [1.82, 2.24) is 4.98 Å². The summed E-state index contributed by atoms with van der Waals surface area (Å²) in [6, 6.07) is 23.2. The molecule has 0 atom stereocenters. The Morgan fingerprint density at radius 1 is 0.882 bits per heavy atom. The maximum absolute atomic E-state index is 9.80. The molecule has 4 aromatic rings. The van der Waals surface area contributed by atoms with Crippen LogP contribution in [0.4, 0.5) is 0 Å². The molecule has 0 radical (unpaired) electrons. The van der Waals surface area contributed by atoms with E-state index in [2.05, 4.69) is 11.1 Å². The number of para-hydroxylation sites is 1. The Morgan fingerprint density at radius 2 is 1.53 bits per heavy atom. The molecular formula is C27H22N2O4S. The summed E-state index contributed by atoms with van der Waals surface area (Å²) in [7, 11) is 4.66. The Balaban J connectivity index is 1.58. The molecule has 0 unspecified atom stereocenters. The lowest BCUT2D eigenvalue weighted by Gasteiger charge is -2.13. The molecule has 34 heavy (non-hydrogen) atoms. The van der Waals surface area contributed by atoms with Gasteiger partial charge in [0.25, 0.3) is 0 Å². The number of hydrogen-bond donors (Lipinski definition) is 0. The van der Waals surface area contributed by atoms with Crippen LogP contribution in [-0.4, -0.2) is 26.3 Å². The smallest absolute Gasteiger partial charge is 0.203 e. The monoisotopic (exact) mass is 470 g/mol. The first kappa shape index (κ1) is 22.9. The van der Waals surface area contributed by atoms with Crippen molar-refractivity contribution in [2.75, 3.05) is 21.3 Å². The predicted octanol–water partition coefficient (Wildman–Crippen LogP) is 6.69. The number of aromatic nitrogens is 1. The highest BCUT2D eigenvalue weighted by Gasteiger charge is 2.14. The Hall–Kier alpha value is -4.28. The van der Waals surface area contributed by atoms with Gasteiger partial charge < -0.3 is 18.9 Å². The first-order chi connectivity index (χ1) is 16.6. The molecule has 0 spiro atoms. The van der Waals surface area contributed by atoms with Crippen LogP contribution in [0.2, 0.25) is 0 Å². The quantitative estimate of drug-likeness (QED) is 0.267. The van der Waals surface area contributed by atoms with E-state index in [4.69, 9.17) is 18.9 Å². The molecule has 170 valence electrons. The van der Waals surface area contributed by atoms with Gasteiger partial charge in [-0.2, -0.15) is 5.26 Å². The molecule has 0 fully saturated rings. The molecule has 0 saturated carbocycles. The Morgan fingerprint density at radius 3 is 2.12 bits per heavy atom. The van der Waals surface area contributed by atoms with E-state index in [1.54, 1.807) is 39.5 Å². The number of methoxy groups -OCH3 is 3. The minimum absolute atomic E-state index is 0.439. The lowest BCUT2D eigenvalue weighted by atomic mass is 10.1. The van der Waals surface area contributed by atoms with Crippen molar-refractivity contribution in [3.63, 3.8) is 0 Å². The molecule has 0 N–H and O–H groups in total. The van der Waals surface area contributed by atoms with Crippen LogP contribution < -0.4 is 18.9 Å². The number of ether oxygens (including phenoxy) is 4. The number of allylic oxidation sites excluding steroid dienone is 1. The van der Waals surface area contributed by atoms with Gasteiger partial charge in [0.1, 0.15) is 22.6 Å². The summed E-state index contributed by atoms with van der Waals surface area (Å²) in [6.07, 6.45) is 1.75. The average Bonchev–Trinajstić information content (AvgIpc) is 3.37. The van der Waals surface area contributed by atoms with Crippen molar-refractivity contribution in [3.05, 3.63) is 82.7 Å². The van der Waals surface area contributed by atoms with Crippen LogP contribution in [0.25, 0.3) is 22.9 Å². The maximum atomic E-state index is 9.80. The topological polar surface area (TPSA) is 73.6 Å². The zero-order chi connectivity index (χ0) is 23.9. The molecule has 0 aliphatic rings. The Kier molecular flexibility index (Phi) is 7.11. The highest BCUT2D eigenvalue weighted by atomic mass is 32.1. The average molecular weight is 471 g/mol. The summed E-state index contributed by atoms with van der Waals surface area (Å²) in [6.45, 7) is 0. The first-order valence-electron chi connectivity index (χ1n) is 10.4. The third kappa shape index (κ3) is 5.03. The molecule has 0 bridgehead atoms. The third-order valence-electron chi connectivity index (χ3n) is 4.98. The molecule has 0 aliphatic heterocycles. The molecular weight excluding hydrogens is 448 g/mol. The van der Waals surface area contributed by atoms with Crippen molar-refractivity contribution in [2.45, 2.75) is 0 Å². The normalized spacial score (nSPS) is 10.9. The van der Waals surface area contributed by atoms with Crippen molar-refractivity contribution >= 4 is 23.0 Å². The van der Waals surface area contributed by atoms with Gasteiger partial charge in [-0.15, -0.1) is 11.3 Å². The zero-order valence-corrected chi connectivity index (χ0v) is 19.8. The lowest BCUT2D eigenvalue weighted by Crippen LogP contribution is -1.95. The van der Waals surface area contributed by atoms with E-state index in [1.807, 2.05) is 60.0 Å². The second kappa shape index (κ2) is 10.6. The highest BCUT2D eigenvalue weighted by Crippen LogP contribution is 2.39. The first-order valence-corrected chi connectivity index (χ1v) is 11.2. The van der Waals surface area contributed by atoms with Gasteiger partial charge in [0, 0.05) is 10.9 Å². The minimum Gasteiger partial charge on any atom is -0.493 e. The standard InChI is InChI=1S/C27H22N2O4S/c1-30-24-14-18(15-25(31-2)26(24)32-3)13-20(16-28)27-29-23(17-34-27)19-9-11-22(12-10-19)33-21-7-5-4-6-8-21/h4-15,17H,1-3H3. The van der Waals surface area contributed by atoms with Crippen molar-refractivity contribution in [2.24, 2.45) is 0 Å². The summed E-state index contributed by atoms with van der Waals surface area (Å²) in [5.41, 5.74) is 2.91. The van der Waals surface area contributed by atoms with Crippen LogP contribution in [0.1, 0.15) is 10.6 Å². The van der Waals surface area contributed by atoms with Crippen molar-refractivity contribution < 1.29 is 18.9 Å². The van der Waals surface area contributed by atoms with Crippen molar-refractivity contribution in [1.29, 1.82) is 5.26 Å². The Labute approximate surface area is 202 Å². The minimum atomic E-state index is 0.439. The zero-order valence-electron chi connectivity index (χ0n) is 18.9. The predicted molar refractivity (Wildman–Crippen MR) is 134 cm³/mol. The number of nitrogens with zero attached hydrogens (tertiary/aromatic N) is 2. The molecule has 1 aromatic heterocycles. The van der Waals surface area contributed by atoms with Crippen LogP contribution in [0.15, 0.2) is 72.1 Å². The number of thiazole rings is 1. The van der Waals surface area contributed by atoms with Crippen LogP contribution in [0.5, 0.6) is 28.7 Å². The van der Waals surface area contributed by atoms with Gasteiger partial charge in [-0.05, 0) is 60.2 Å². The van der Waals surface area contributed by atoms with E-state index < -0.39 is 0 Å². The second-order valence-electron chi connectivity index (χ2n) is 7.11. The maximum Gasteiger partial charge on any atom is 0.203 e. The number of nitriles is 1. The van der Waals surface area contributed by atoms with Gasteiger partial charge in [-0.25, -0.2) is 4.98 Å². The molecule has 0 aliphatic carbocycles. The summed E-state index contributed by atoms with van der Waals surface area (Å²) in [4.78, 5) is 4.68. The fraction of sp³-hybridized carbons (Fsp3) is 0.111. The van der Waals surface area contributed by atoms with Gasteiger partial charge in [0.2, 0.25) is 5.75 Å². The summed E-state index contributed by atoms with van der Waals surface area (Å²) >= 11 is 1.41. The Bertz CT molecular complexity index is 1310. The SMILES string of the molecule is COc1cc(C=C(C#N)c2nc(-c3ccc(Oc4ccccc4)cc3)cs2)cc(OC)c1OC. The summed E-state index contributed by atoms with van der Waals surface area (Å²) in [5.74, 6) is 3.05. The van der Waals surface area contributed by atoms with Crippen LogP contribution in [0, 0.1) is 11.3 Å². The van der Waals surface area contributed by atoms with Gasteiger partial charge in [0.05, 0.1) is 32.6 Å². The second-order valence-corrected chi connectivity index (χ2v) is 7.96. The molecule has 4 rings (SSSR count). The van der Waals surface area contributed by atoms with Gasteiger partial charge in [-0.3, -0.25) is 0 Å². The van der Waals surface area contributed by atoms with Gasteiger partial charge >= 0.3 is 0 Å². The number of benzene rings is 3. The highest BCUT2D eigenvalue weighted by molar-refractivity contribution is 7.11. The van der Waals surface area contributed by atoms with Crippen LogP contribution in [-0.2, 0) is 0 Å². The molecule has 0 saturated heterocycles. The lowest BCUT2D eigenvalue weighted by molar-refractivity contribution is 0.324. The van der Waals surface area contributed by atoms with E-state index in [1.165, 1.54) is 11.3 Å². The van der Waals surface area contributed by atoms with Crippen molar-refractivity contribution in [3.8, 4) is 46.1 Å². The molecule has 0 amide bonds. The van der Waals surface area contributed by atoms with E-state index in [9.17, 15) is 5.26 Å². The van der Waals surface area contributed by atoms with Crippen LogP contribution in [0.3, 0.4) is 0 Å². The van der Waals surface area contributed by atoms with E-state index in [0.29, 0.717) is 27.8 Å². The summed E-state index contributed by atoms with van der Waals surface area (Å²) < 4.78 is 22.0. The van der Waals surface area contributed by atoms with Gasteiger partial charge in [0.15, 0.2) is 11.5 Å². The van der Waals surface area contributed by atoms with Crippen LogP contribution >= 0.6 is 11.3 Å². The molecule has 6 nitrogen and oxygen atoms in total. The summed E-state index contributed by atoms with van der Waals surface area (Å²) in [5, 5.41) is 12.4. The third-order valence-corrected chi connectivity index (χ3v) is 5.86. The van der Waals surface area contributed by atoms with E-state index in [-0.39, 0.29) is 0 Å². The molecule has 7 heteroatoms. The fourth-order valence-corrected chi connectivity index (χ4v) is 4.14. The number of rotatable bonds is 8. The van der Waals surface area contributed by atoms with E-state index in [0.717, 1.165) is 28.3 Å². The number of hydrogen-bond acceptors (Lipinski definition) is 7. The van der Waals surface area contributed by atoms with E-state index >= 15 is 0 Å². The molecule has 3 aromatic carbocycles. The van der Waals surface area contributed by atoms with Gasteiger partial charge in [-0.1, -0.05) is 18.2 Å². The molecule has 1 heterocycles. The fourth-order valence-electron chi connectivity index (χ4n) is 3.34.